The molecule has 1 saturated heterocycles. The highest BCUT2D eigenvalue weighted by Crippen LogP contribution is 2.21. The summed E-state index contributed by atoms with van der Waals surface area (Å²) in [6.07, 6.45) is 1.05. The quantitative estimate of drug-likeness (QED) is 0.921. The van der Waals surface area contributed by atoms with Gasteiger partial charge in [0.2, 0.25) is 0 Å². The SMILES string of the molecule is CC(C)(N)CCN1CCN(c2cccc(Cl)c2)CC1. The van der Waals surface area contributed by atoms with Crippen molar-refractivity contribution in [2.75, 3.05) is 37.6 Å². The second kappa shape index (κ2) is 6.12. The summed E-state index contributed by atoms with van der Waals surface area (Å²) in [5, 5.41) is 0.810. The first-order chi connectivity index (χ1) is 8.94. The van der Waals surface area contributed by atoms with Crippen LogP contribution in [0.15, 0.2) is 24.3 Å². The Bertz CT molecular complexity index is 406. The molecule has 1 aliphatic heterocycles. The monoisotopic (exact) mass is 281 g/mol. The molecule has 106 valence electrons. The fourth-order valence-electron chi connectivity index (χ4n) is 2.35. The predicted octanol–water partition coefficient (Wildman–Crippen LogP) is 2.59. The van der Waals surface area contributed by atoms with Crippen LogP contribution in [0.1, 0.15) is 20.3 Å². The summed E-state index contributed by atoms with van der Waals surface area (Å²) < 4.78 is 0. The number of halogens is 1. The molecule has 1 heterocycles. The number of nitrogens with zero attached hydrogens (tertiary/aromatic N) is 2. The van der Waals surface area contributed by atoms with E-state index in [1.165, 1.54) is 5.69 Å². The van der Waals surface area contributed by atoms with Crippen LogP contribution in [-0.2, 0) is 0 Å². The molecule has 0 bridgehead atoms. The third-order valence-electron chi connectivity index (χ3n) is 3.62. The van der Waals surface area contributed by atoms with Gasteiger partial charge in [0.1, 0.15) is 0 Å². The predicted molar refractivity (Wildman–Crippen MR) is 83.0 cm³/mol. The minimum absolute atomic E-state index is 0.0654. The highest BCUT2D eigenvalue weighted by atomic mass is 35.5. The maximum atomic E-state index is 6.04. The molecule has 1 aromatic rings. The largest absolute Gasteiger partial charge is 0.369 e. The lowest BCUT2D eigenvalue weighted by Crippen LogP contribution is -2.48. The van der Waals surface area contributed by atoms with Crippen molar-refractivity contribution in [3.05, 3.63) is 29.3 Å². The third kappa shape index (κ3) is 4.68. The van der Waals surface area contributed by atoms with Crippen LogP contribution in [0.4, 0.5) is 5.69 Å². The Kier molecular flexibility index (Phi) is 4.71. The van der Waals surface area contributed by atoms with Gasteiger partial charge in [-0.05, 0) is 38.5 Å². The molecule has 1 fully saturated rings. The van der Waals surface area contributed by atoms with Gasteiger partial charge in [-0.2, -0.15) is 0 Å². The van der Waals surface area contributed by atoms with Gasteiger partial charge in [-0.3, -0.25) is 4.90 Å². The van der Waals surface area contributed by atoms with E-state index in [4.69, 9.17) is 17.3 Å². The van der Waals surface area contributed by atoms with E-state index in [1.807, 2.05) is 18.2 Å². The number of benzene rings is 1. The zero-order valence-electron chi connectivity index (χ0n) is 11.9. The fourth-order valence-corrected chi connectivity index (χ4v) is 2.53. The summed E-state index contributed by atoms with van der Waals surface area (Å²) in [6.45, 7) is 9.60. The van der Waals surface area contributed by atoms with Crippen molar-refractivity contribution >= 4 is 17.3 Å². The van der Waals surface area contributed by atoms with Crippen LogP contribution >= 0.6 is 11.6 Å². The van der Waals surface area contributed by atoms with Crippen molar-refractivity contribution in [2.45, 2.75) is 25.8 Å². The third-order valence-corrected chi connectivity index (χ3v) is 3.85. The number of anilines is 1. The normalized spacial score (nSPS) is 17.8. The van der Waals surface area contributed by atoms with Crippen molar-refractivity contribution in [3.63, 3.8) is 0 Å². The highest BCUT2D eigenvalue weighted by Gasteiger charge is 2.19. The number of hydrogen-bond acceptors (Lipinski definition) is 3. The summed E-state index contributed by atoms with van der Waals surface area (Å²) in [4.78, 5) is 4.89. The Morgan fingerprint density at radius 1 is 1.21 bits per heavy atom. The van der Waals surface area contributed by atoms with E-state index in [2.05, 4.69) is 29.7 Å². The summed E-state index contributed by atoms with van der Waals surface area (Å²) in [5.74, 6) is 0. The average molecular weight is 282 g/mol. The van der Waals surface area contributed by atoms with Crippen LogP contribution in [0.25, 0.3) is 0 Å². The van der Waals surface area contributed by atoms with Crippen LogP contribution in [-0.4, -0.2) is 43.2 Å². The van der Waals surface area contributed by atoms with Crippen molar-refractivity contribution in [1.29, 1.82) is 0 Å². The molecule has 1 aromatic carbocycles. The second-order valence-electron chi connectivity index (χ2n) is 6.05. The zero-order valence-corrected chi connectivity index (χ0v) is 12.7. The number of nitrogens with two attached hydrogens (primary N) is 1. The van der Waals surface area contributed by atoms with Crippen molar-refractivity contribution in [2.24, 2.45) is 5.73 Å². The molecule has 0 aromatic heterocycles. The van der Waals surface area contributed by atoms with Crippen LogP contribution in [0, 0.1) is 0 Å². The molecule has 3 nitrogen and oxygen atoms in total. The minimum Gasteiger partial charge on any atom is -0.369 e. The Hall–Kier alpha value is -0.770. The van der Waals surface area contributed by atoms with Gasteiger partial charge in [-0.25, -0.2) is 0 Å². The lowest BCUT2D eigenvalue weighted by Gasteiger charge is -2.37. The van der Waals surface area contributed by atoms with E-state index in [0.717, 1.165) is 44.2 Å². The fraction of sp³-hybridized carbons (Fsp3) is 0.600. The molecular formula is C15H24ClN3. The zero-order chi connectivity index (χ0) is 13.9. The first kappa shape index (κ1) is 14.6. The van der Waals surface area contributed by atoms with E-state index < -0.39 is 0 Å². The molecular weight excluding hydrogens is 258 g/mol. The number of rotatable bonds is 4. The van der Waals surface area contributed by atoms with Crippen LogP contribution < -0.4 is 10.6 Å². The highest BCUT2D eigenvalue weighted by molar-refractivity contribution is 6.30. The molecule has 0 amide bonds. The van der Waals surface area contributed by atoms with E-state index >= 15 is 0 Å². The van der Waals surface area contributed by atoms with Gasteiger partial charge in [-0.15, -0.1) is 0 Å². The first-order valence-corrected chi connectivity index (χ1v) is 7.34. The Balaban J connectivity index is 1.82. The van der Waals surface area contributed by atoms with Gasteiger partial charge in [-0.1, -0.05) is 17.7 Å². The van der Waals surface area contributed by atoms with Gasteiger partial charge in [0.25, 0.3) is 0 Å². The Morgan fingerprint density at radius 2 is 1.89 bits per heavy atom. The topological polar surface area (TPSA) is 32.5 Å². The molecule has 0 unspecified atom stereocenters. The summed E-state index contributed by atoms with van der Waals surface area (Å²) in [5.41, 5.74) is 7.20. The van der Waals surface area contributed by atoms with E-state index in [-0.39, 0.29) is 5.54 Å². The molecule has 2 rings (SSSR count). The van der Waals surface area contributed by atoms with Gasteiger partial charge < -0.3 is 10.6 Å². The lowest BCUT2D eigenvalue weighted by molar-refractivity contribution is 0.236. The molecule has 0 spiro atoms. The lowest BCUT2D eigenvalue weighted by atomic mass is 10.0. The van der Waals surface area contributed by atoms with Gasteiger partial charge in [0, 0.05) is 49.0 Å². The second-order valence-corrected chi connectivity index (χ2v) is 6.48. The minimum atomic E-state index is -0.0654. The molecule has 0 radical (unpaired) electrons. The first-order valence-electron chi connectivity index (χ1n) is 6.96. The number of hydrogen-bond donors (Lipinski definition) is 1. The average Bonchev–Trinajstić information content (AvgIpc) is 2.36. The van der Waals surface area contributed by atoms with Crippen molar-refractivity contribution in [3.8, 4) is 0 Å². The molecule has 19 heavy (non-hydrogen) atoms. The van der Waals surface area contributed by atoms with E-state index in [0.29, 0.717) is 0 Å². The maximum absolute atomic E-state index is 6.04. The van der Waals surface area contributed by atoms with Crippen molar-refractivity contribution in [1.82, 2.24) is 4.90 Å². The standard InChI is InChI=1S/C15H24ClN3/c1-15(2,17)6-7-18-8-10-19(11-9-18)14-5-3-4-13(16)12-14/h3-5,12H,6-11,17H2,1-2H3. The van der Waals surface area contributed by atoms with Crippen molar-refractivity contribution < 1.29 is 0 Å². The summed E-state index contributed by atoms with van der Waals surface area (Å²) in [7, 11) is 0. The van der Waals surface area contributed by atoms with Gasteiger partial charge >= 0.3 is 0 Å². The summed E-state index contributed by atoms with van der Waals surface area (Å²) in [6, 6.07) is 8.11. The van der Waals surface area contributed by atoms with E-state index in [1.54, 1.807) is 0 Å². The Morgan fingerprint density at radius 3 is 2.47 bits per heavy atom. The molecule has 0 atom stereocenters. The van der Waals surface area contributed by atoms with Gasteiger partial charge in [0.05, 0.1) is 0 Å². The molecule has 2 N–H and O–H groups in total. The number of piperazine rings is 1. The Labute approximate surface area is 121 Å². The molecule has 0 aliphatic carbocycles. The molecule has 0 saturated carbocycles. The summed E-state index contributed by atoms with van der Waals surface area (Å²) >= 11 is 6.04. The maximum Gasteiger partial charge on any atom is 0.0426 e. The van der Waals surface area contributed by atoms with Gasteiger partial charge in [0.15, 0.2) is 0 Å². The molecule has 1 aliphatic rings. The van der Waals surface area contributed by atoms with Crippen LogP contribution in [0.5, 0.6) is 0 Å². The van der Waals surface area contributed by atoms with Crippen LogP contribution in [0.3, 0.4) is 0 Å². The van der Waals surface area contributed by atoms with E-state index in [9.17, 15) is 0 Å². The molecule has 4 heteroatoms. The smallest absolute Gasteiger partial charge is 0.0426 e. The van der Waals surface area contributed by atoms with Crippen LogP contribution in [0.2, 0.25) is 5.02 Å².